The summed E-state index contributed by atoms with van der Waals surface area (Å²) in [5.74, 6) is 0.860. The number of hydrogen-bond acceptors (Lipinski definition) is 2. The third-order valence-corrected chi connectivity index (χ3v) is 3.09. The molecule has 3 N–H and O–H groups in total. The Labute approximate surface area is 80.0 Å². The van der Waals surface area contributed by atoms with Crippen molar-refractivity contribution < 1.29 is 0 Å². The zero-order valence-corrected chi connectivity index (χ0v) is 8.32. The van der Waals surface area contributed by atoms with E-state index < -0.39 is 0 Å². The number of nitrogens with two attached hydrogens (primary N) is 1. The van der Waals surface area contributed by atoms with Gasteiger partial charge in [-0.1, -0.05) is 32.1 Å². The maximum atomic E-state index is 5.56. The van der Waals surface area contributed by atoms with Crippen molar-refractivity contribution in [2.75, 3.05) is 6.54 Å². The Morgan fingerprint density at radius 1 is 1.33 bits per heavy atom. The monoisotopic (exact) mass is 190 g/mol. The molecule has 0 heterocycles. The van der Waals surface area contributed by atoms with E-state index in [2.05, 4.69) is 4.84 Å². The number of nitrogens with one attached hydrogen (secondary N) is 1. The molecule has 12 heavy (non-hydrogen) atoms. The predicted molar refractivity (Wildman–Crippen MR) is 53.0 cm³/mol. The molecule has 1 rings (SSSR count). The molecule has 1 aliphatic rings. The fourth-order valence-electron chi connectivity index (χ4n) is 2.01. The van der Waals surface area contributed by atoms with Crippen molar-refractivity contribution in [2.45, 2.75) is 44.6 Å². The average Bonchev–Trinajstić information content (AvgIpc) is 2.16. The molecule has 0 aromatic heterocycles. The highest BCUT2D eigenvalue weighted by molar-refractivity contribution is 6.13. The molecule has 0 saturated heterocycles. The summed E-state index contributed by atoms with van der Waals surface area (Å²) < 4.78 is 0. The molecule has 3 heteroatoms. The van der Waals surface area contributed by atoms with Crippen molar-refractivity contribution in [2.24, 2.45) is 11.7 Å². The van der Waals surface area contributed by atoms with Crippen LogP contribution in [0.2, 0.25) is 0 Å². The third-order valence-electron chi connectivity index (χ3n) is 2.78. The molecule has 0 radical (unpaired) electrons. The van der Waals surface area contributed by atoms with Gasteiger partial charge < -0.3 is 5.73 Å². The SMILES string of the molecule is NCC(CC1CCCCC1)NCl. The summed E-state index contributed by atoms with van der Waals surface area (Å²) in [4.78, 5) is 2.75. The van der Waals surface area contributed by atoms with Crippen molar-refractivity contribution >= 4 is 11.8 Å². The predicted octanol–water partition coefficient (Wildman–Crippen LogP) is 2.03. The zero-order chi connectivity index (χ0) is 8.81. The second-order valence-corrected chi connectivity index (χ2v) is 4.00. The van der Waals surface area contributed by atoms with Gasteiger partial charge in [-0.15, -0.1) is 0 Å². The van der Waals surface area contributed by atoms with Gasteiger partial charge in [0.25, 0.3) is 0 Å². The highest BCUT2D eigenvalue weighted by Crippen LogP contribution is 2.27. The minimum absolute atomic E-state index is 0.315. The van der Waals surface area contributed by atoms with E-state index in [9.17, 15) is 0 Å². The second-order valence-electron chi connectivity index (χ2n) is 3.78. The molecule has 1 fully saturated rings. The first-order valence-electron chi connectivity index (χ1n) is 4.93. The first-order valence-corrected chi connectivity index (χ1v) is 5.31. The summed E-state index contributed by atoms with van der Waals surface area (Å²) in [5.41, 5.74) is 5.55. The highest BCUT2D eigenvalue weighted by Gasteiger charge is 2.17. The fraction of sp³-hybridized carbons (Fsp3) is 1.00. The summed E-state index contributed by atoms with van der Waals surface area (Å²) >= 11 is 5.56. The highest BCUT2D eigenvalue weighted by atomic mass is 35.5. The number of hydrogen-bond donors (Lipinski definition) is 2. The lowest BCUT2D eigenvalue weighted by molar-refractivity contribution is 0.313. The van der Waals surface area contributed by atoms with E-state index in [1.807, 2.05) is 0 Å². The van der Waals surface area contributed by atoms with Gasteiger partial charge in [0.1, 0.15) is 0 Å². The van der Waals surface area contributed by atoms with Gasteiger partial charge in [-0.25, -0.2) is 4.84 Å². The van der Waals surface area contributed by atoms with E-state index in [1.165, 1.54) is 32.1 Å². The summed E-state index contributed by atoms with van der Waals surface area (Å²) in [6, 6.07) is 0.315. The van der Waals surface area contributed by atoms with Crippen molar-refractivity contribution in [1.29, 1.82) is 0 Å². The Morgan fingerprint density at radius 3 is 2.50 bits per heavy atom. The van der Waals surface area contributed by atoms with Crippen LogP contribution in [0, 0.1) is 5.92 Å². The van der Waals surface area contributed by atoms with E-state index in [0.717, 1.165) is 12.3 Å². The van der Waals surface area contributed by atoms with Gasteiger partial charge in [0.15, 0.2) is 0 Å². The van der Waals surface area contributed by atoms with Gasteiger partial charge in [0.2, 0.25) is 0 Å². The summed E-state index contributed by atoms with van der Waals surface area (Å²) in [5, 5.41) is 0. The average molecular weight is 191 g/mol. The van der Waals surface area contributed by atoms with Crippen molar-refractivity contribution in [3.63, 3.8) is 0 Å². The fourth-order valence-corrected chi connectivity index (χ4v) is 2.19. The smallest absolute Gasteiger partial charge is 0.0346 e. The lowest BCUT2D eigenvalue weighted by atomic mass is 9.85. The van der Waals surface area contributed by atoms with Crippen LogP contribution in [0.25, 0.3) is 0 Å². The molecule has 0 bridgehead atoms. The van der Waals surface area contributed by atoms with Crippen LogP contribution >= 0.6 is 11.8 Å². The van der Waals surface area contributed by atoms with Gasteiger partial charge in [0, 0.05) is 12.6 Å². The molecule has 2 nitrogen and oxygen atoms in total. The van der Waals surface area contributed by atoms with Gasteiger partial charge >= 0.3 is 0 Å². The van der Waals surface area contributed by atoms with E-state index in [4.69, 9.17) is 17.5 Å². The van der Waals surface area contributed by atoms with Crippen LogP contribution < -0.4 is 10.6 Å². The van der Waals surface area contributed by atoms with E-state index in [0.29, 0.717) is 12.6 Å². The van der Waals surface area contributed by atoms with Crippen molar-refractivity contribution in [1.82, 2.24) is 4.84 Å². The normalized spacial score (nSPS) is 22.5. The second kappa shape index (κ2) is 5.79. The van der Waals surface area contributed by atoms with E-state index in [1.54, 1.807) is 0 Å². The Morgan fingerprint density at radius 2 is 2.00 bits per heavy atom. The molecule has 0 spiro atoms. The summed E-state index contributed by atoms with van der Waals surface area (Å²) in [7, 11) is 0. The number of halogens is 1. The van der Waals surface area contributed by atoms with Gasteiger partial charge in [0.05, 0.1) is 0 Å². The van der Waals surface area contributed by atoms with Gasteiger partial charge in [-0.2, -0.15) is 0 Å². The minimum Gasteiger partial charge on any atom is -0.329 e. The van der Waals surface area contributed by atoms with Crippen LogP contribution in [0.5, 0.6) is 0 Å². The third kappa shape index (κ3) is 3.30. The van der Waals surface area contributed by atoms with Crippen molar-refractivity contribution in [3.05, 3.63) is 0 Å². The number of rotatable bonds is 4. The van der Waals surface area contributed by atoms with Crippen LogP contribution in [0.1, 0.15) is 38.5 Å². The van der Waals surface area contributed by atoms with Crippen molar-refractivity contribution in [3.8, 4) is 0 Å². The molecular weight excluding hydrogens is 172 g/mol. The topological polar surface area (TPSA) is 38.0 Å². The first-order chi connectivity index (χ1) is 5.86. The molecule has 1 saturated carbocycles. The summed E-state index contributed by atoms with van der Waals surface area (Å²) in [6.45, 7) is 0.653. The van der Waals surface area contributed by atoms with E-state index >= 15 is 0 Å². The standard InChI is InChI=1S/C9H19ClN2/c10-12-9(7-11)6-8-4-2-1-3-5-8/h8-9,12H,1-7,11H2. The van der Waals surface area contributed by atoms with Gasteiger partial charge in [-0.05, 0) is 24.1 Å². The molecule has 72 valence electrons. The van der Waals surface area contributed by atoms with E-state index in [-0.39, 0.29) is 0 Å². The quantitative estimate of drug-likeness (QED) is 0.666. The maximum Gasteiger partial charge on any atom is 0.0346 e. The largest absolute Gasteiger partial charge is 0.329 e. The Kier molecular flexibility index (Phi) is 4.96. The molecule has 1 unspecified atom stereocenters. The van der Waals surface area contributed by atoms with Crippen LogP contribution in [0.4, 0.5) is 0 Å². The Balaban J connectivity index is 2.18. The molecule has 0 aromatic carbocycles. The van der Waals surface area contributed by atoms with Crippen LogP contribution in [0.3, 0.4) is 0 Å². The molecule has 1 aliphatic carbocycles. The molecule has 0 aliphatic heterocycles. The van der Waals surface area contributed by atoms with Gasteiger partial charge in [-0.3, -0.25) is 0 Å². The lowest BCUT2D eigenvalue weighted by Gasteiger charge is -2.24. The van der Waals surface area contributed by atoms with Crippen LogP contribution in [-0.4, -0.2) is 12.6 Å². The van der Waals surface area contributed by atoms with Crippen LogP contribution in [0.15, 0.2) is 0 Å². The Bertz CT molecular complexity index is 109. The van der Waals surface area contributed by atoms with Crippen LogP contribution in [-0.2, 0) is 0 Å². The summed E-state index contributed by atoms with van der Waals surface area (Å²) in [6.07, 6.45) is 8.09. The molecule has 0 aromatic rings. The first kappa shape index (κ1) is 10.3. The molecular formula is C9H19ClN2. The molecule has 1 atom stereocenters. The lowest BCUT2D eigenvalue weighted by Crippen LogP contribution is -2.32. The Hall–Kier alpha value is 0.210. The zero-order valence-electron chi connectivity index (χ0n) is 7.56. The minimum atomic E-state index is 0.315. The maximum absolute atomic E-state index is 5.56. The molecule has 0 amide bonds.